The molecule has 0 unspecified atom stereocenters. The fraction of sp³-hybridized carbons (Fsp3) is 0.375. The molecule has 0 bridgehead atoms. The number of para-hydroxylation sites is 1. The maximum Gasteiger partial charge on any atom is 0.146 e. The summed E-state index contributed by atoms with van der Waals surface area (Å²) < 4.78 is 4.07. The molecule has 5 nitrogen and oxygen atoms in total. The topological polar surface area (TPSA) is 47.7 Å². The van der Waals surface area contributed by atoms with Crippen molar-refractivity contribution in [1.29, 1.82) is 0 Å². The van der Waals surface area contributed by atoms with Crippen molar-refractivity contribution in [2.45, 2.75) is 33.0 Å². The van der Waals surface area contributed by atoms with Gasteiger partial charge < -0.3 is 9.88 Å². The van der Waals surface area contributed by atoms with E-state index >= 15 is 0 Å². The highest BCUT2D eigenvalue weighted by atomic mass is 15.3. The van der Waals surface area contributed by atoms with E-state index in [0.717, 1.165) is 18.9 Å². The van der Waals surface area contributed by atoms with Crippen molar-refractivity contribution in [3.63, 3.8) is 0 Å². The lowest BCUT2D eigenvalue weighted by Crippen LogP contribution is -2.22. The van der Waals surface area contributed by atoms with Gasteiger partial charge in [-0.15, -0.1) is 0 Å². The Morgan fingerprint density at radius 1 is 1.24 bits per heavy atom. The summed E-state index contributed by atoms with van der Waals surface area (Å²) in [7, 11) is 1.93. The van der Waals surface area contributed by atoms with E-state index in [9.17, 15) is 0 Å². The van der Waals surface area contributed by atoms with Gasteiger partial charge in [0.05, 0.1) is 12.1 Å². The minimum atomic E-state index is 0.474. The Kier molecular flexibility index (Phi) is 3.75. The van der Waals surface area contributed by atoms with Crippen LogP contribution in [0.2, 0.25) is 0 Å². The number of hydrogen-bond donors (Lipinski definition) is 1. The van der Waals surface area contributed by atoms with Crippen LogP contribution in [0.15, 0.2) is 36.8 Å². The Balaban J connectivity index is 1.97. The van der Waals surface area contributed by atoms with E-state index in [2.05, 4.69) is 64.3 Å². The molecular weight excluding hydrogens is 262 g/mol. The molecule has 0 aliphatic rings. The second-order valence-corrected chi connectivity index (χ2v) is 5.63. The van der Waals surface area contributed by atoms with Gasteiger partial charge in [-0.25, -0.2) is 4.98 Å². The number of rotatable bonds is 5. The highest BCUT2D eigenvalue weighted by molar-refractivity contribution is 5.83. The minimum Gasteiger partial charge on any atom is -0.340 e. The first kappa shape index (κ1) is 13.8. The molecule has 0 saturated heterocycles. The van der Waals surface area contributed by atoms with Gasteiger partial charge in [-0.1, -0.05) is 32.0 Å². The molecule has 0 aliphatic carbocycles. The van der Waals surface area contributed by atoms with Crippen LogP contribution < -0.4 is 5.32 Å². The lowest BCUT2D eigenvalue weighted by molar-refractivity contribution is 0.588. The molecule has 0 amide bonds. The van der Waals surface area contributed by atoms with Crippen LogP contribution in [0.25, 0.3) is 10.9 Å². The van der Waals surface area contributed by atoms with Crippen molar-refractivity contribution in [2.24, 2.45) is 7.05 Å². The summed E-state index contributed by atoms with van der Waals surface area (Å²) in [6, 6.07) is 9.09. The summed E-state index contributed by atoms with van der Waals surface area (Å²) in [6.07, 6.45) is 3.72. The van der Waals surface area contributed by atoms with Crippen LogP contribution in [0.1, 0.15) is 25.2 Å². The predicted octanol–water partition coefficient (Wildman–Crippen LogP) is 2.32. The monoisotopic (exact) mass is 283 g/mol. The molecule has 0 atom stereocenters. The number of benzene rings is 1. The van der Waals surface area contributed by atoms with Crippen molar-refractivity contribution >= 4 is 10.9 Å². The summed E-state index contributed by atoms with van der Waals surface area (Å²) >= 11 is 0. The molecular formula is C16H21N5. The van der Waals surface area contributed by atoms with Gasteiger partial charge in [-0.3, -0.25) is 4.68 Å². The van der Waals surface area contributed by atoms with Gasteiger partial charge in [0.15, 0.2) is 0 Å². The largest absolute Gasteiger partial charge is 0.340 e. The van der Waals surface area contributed by atoms with E-state index in [1.54, 1.807) is 6.33 Å². The van der Waals surface area contributed by atoms with Crippen LogP contribution in [0.4, 0.5) is 0 Å². The molecule has 3 rings (SSSR count). The van der Waals surface area contributed by atoms with Crippen molar-refractivity contribution in [3.8, 4) is 0 Å². The van der Waals surface area contributed by atoms with Crippen LogP contribution >= 0.6 is 0 Å². The van der Waals surface area contributed by atoms with Crippen molar-refractivity contribution in [2.75, 3.05) is 0 Å². The Morgan fingerprint density at radius 2 is 2.10 bits per heavy atom. The molecule has 1 N–H and O–H groups in total. The SMILES string of the molecule is CC(C)NCc1cccc2ccn(Cc3ncnn3C)c12. The van der Waals surface area contributed by atoms with Crippen LogP contribution in [-0.2, 0) is 20.1 Å². The molecule has 0 saturated carbocycles. The summed E-state index contributed by atoms with van der Waals surface area (Å²) in [5, 5.41) is 8.90. The van der Waals surface area contributed by atoms with E-state index in [-0.39, 0.29) is 0 Å². The number of aromatic nitrogens is 4. The number of nitrogens with zero attached hydrogens (tertiary/aromatic N) is 4. The summed E-state index contributed by atoms with van der Waals surface area (Å²) in [6.45, 7) is 5.94. The molecule has 1 aromatic carbocycles. The molecule has 3 aromatic rings. The average Bonchev–Trinajstić information content (AvgIpc) is 3.05. The highest BCUT2D eigenvalue weighted by Gasteiger charge is 2.09. The van der Waals surface area contributed by atoms with Crippen LogP contribution in [0, 0.1) is 0 Å². The lowest BCUT2D eigenvalue weighted by Gasteiger charge is -2.12. The van der Waals surface area contributed by atoms with Crippen LogP contribution in [0.5, 0.6) is 0 Å². The predicted molar refractivity (Wildman–Crippen MR) is 84.0 cm³/mol. The van der Waals surface area contributed by atoms with E-state index in [1.807, 2.05) is 11.7 Å². The zero-order chi connectivity index (χ0) is 14.8. The quantitative estimate of drug-likeness (QED) is 0.781. The summed E-state index contributed by atoms with van der Waals surface area (Å²) in [5.74, 6) is 0.958. The first-order chi connectivity index (χ1) is 10.1. The number of nitrogens with one attached hydrogen (secondary N) is 1. The molecule has 2 aromatic heterocycles. The molecule has 0 spiro atoms. The first-order valence-corrected chi connectivity index (χ1v) is 7.28. The van der Waals surface area contributed by atoms with E-state index in [4.69, 9.17) is 0 Å². The standard InChI is InChI=1S/C16H21N5/c1-12(2)17-9-14-6-4-5-13-7-8-21(16(13)14)10-15-18-11-19-20(15)3/h4-8,11-12,17H,9-10H2,1-3H3. The maximum atomic E-state index is 4.32. The number of hydrogen-bond acceptors (Lipinski definition) is 3. The Labute approximate surface area is 124 Å². The molecule has 21 heavy (non-hydrogen) atoms. The zero-order valence-corrected chi connectivity index (χ0v) is 12.7. The normalized spacial score (nSPS) is 11.6. The first-order valence-electron chi connectivity index (χ1n) is 7.28. The average molecular weight is 283 g/mol. The smallest absolute Gasteiger partial charge is 0.146 e. The maximum absolute atomic E-state index is 4.32. The molecule has 110 valence electrons. The highest BCUT2D eigenvalue weighted by Crippen LogP contribution is 2.21. The molecule has 0 radical (unpaired) electrons. The van der Waals surface area contributed by atoms with Crippen molar-refractivity contribution < 1.29 is 0 Å². The molecule has 2 heterocycles. The summed E-state index contributed by atoms with van der Waals surface area (Å²) in [4.78, 5) is 4.32. The number of aryl methyl sites for hydroxylation is 1. The minimum absolute atomic E-state index is 0.474. The van der Waals surface area contributed by atoms with Crippen molar-refractivity contribution in [3.05, 3.63) is 48.2 Å². The van der Waals surface area contributed by atoms with Gasteiger partial charge in [0.25, 0.3) is 0 Å². The van der Waals surface area contributed by atoms with E-state index in [0.29, 0.717) is 6.04 Å². The molecule has 0 aliphatic heterocycles. The Bertz CT molecular complexity index is 738. The third-order valence-electron chi connectivity index (χ3n) is 3.69. The van der Waals surface area contributed by atoms with E-state index < -0.39 is 0 Å². The van der Waals surface area contributed by atoms with Gasteiger partial charge in [-0.05, 0) is 17.0 Å². The Hall–Kier alpha value is -2.14. The fourth-order valence-electron chi connectivity index (χ4n) is 2.54. The lowest BCUT2D eigenvalue weighted by atomic mass is 10.1. The fourth-order valence-corrected chi connectivity index (χ4v) is 2.54. The van der Waals surface area contributed by atoms with Crippen molar-refractivity contribution in [1.82, 2.24) is 24.6 Å². The second kappa shape index (κ2) is 5.69. The van der Waals surface area contributed by atoms with E-state index in [1.165, 1.54) is 16.5 Å². The van der Waals surface area contributed by atoms with Gasteiger partial charge in [0, 0.05) is 25.8 Å². The third-order valence-corrected chi connectivity index (χ3v) is 3.69. The van der Waals surface area contributed by atoms with Crippen LogP contribution in [-0.4, -0.2) is 25.4 Å². The van der Waals surface area contributed by atoms with Gasteiger partial charge >= 0.3 is 0 Å². The van der Waals surface area contributed by atoms with Gasteiger partial charge in [0.2, 0.25) is 0 Å². The van der Waals surface area contributed by atoms with Gasteiger partial charge in [-0.2, -0.15) is 5.10 Å². The summed E-state index contributed by atoms with van der Waals surface area (Å²) in [5.41, 5.74) is 2.59. The Morgan fingerprint density at radius 3 is 2.81 bits per heavy atom. The van der Waals surface area contributed by atoms with Crippen LogP contribution in [0.3, 0.4) is 0 Å². The molecule has 5 heteroatoms. The second-order valence-electron chi connectivity index (χ2n) is 5.63. The zero-order valence-electron chi connectivity index (χ0n) is 12.7. The third kappa shape index (κ3) is 2.83. The van der Waals surface area contributed by atoms with Gasteiger partial charge in [0.1, 0.15) is 12.2 Å². The number of fused-ring (bicyclic) bond motifs is 1. The molecule has 0 fully saturated rings.